The molecule has 0 aliphatic rings. The molecular formula is C17H14F3N7. The van der Waals surface area contributed by atoms with Crippen molar-refractivity contribution in [2.45, 2.75) is 19.5 Å². The maximum absolute atomic E-state index is 12.6. The van der Waals surface area contributed by atoms with Gasteiger partial charge in [-0.3, -0.25) is 5.10 Å². The van der Waals surface area contributed by atoms with E-state index in [1.807, 2.05) is 18.2 Å². The number of nitrogens with zero attached hydrogens (tertiary/aromatic N) is 4. The average Bonchev–Trinajstić information content (AvgIpc) is 3.24. The molecule has 0 aliphatic heterocycles. The van der Waals surface area contributed by atoms with Gasteiger partial charge in [-0.2, -0.15) is 18.3 Å². The highest BCUT2D eigenvalue weighted by Crippen LogP contribution is 2.29. The summed E-state index contributed by atoms with van der Waals surface area (Å²) in [5, 5.41) is 9.16. The summed E-state index contributed by atoms with van der Waals surface area (Å²) in [6, 6.07) is 2.92. The molecule has 0 unspecified atom stereocenters. The summed E-state index contributed by atoms with van der Waals surface area (Å²) >= 11 is 0. The number of aromatic amines is 2. The molecule has 3 N–H and O–H groups in total. The predicted octanol–water partition coefficient (Wildman–Crippen LogP) is 3.74. The van der Waals surface area contributed by atoms with Gasteiger partial charge in [0.05, 0.1) is 0 Å². The second-order valence-electron chi connectivity index (χ2n) is 6.10. The molecule has 4 heterocycles. The number of fused-ring (bicyclic) bond motifs is 1. The molecule has 27 heavy (non-hydrogen) atoms. The van der Waals surface area contributed by atoms with Crippen LogP contribution in [0.2, 0.25) is 0 Å². The predicted molar refractivity (Wildman–Crippen MR) is 92.5 cm³/mol. The van der Waals surface area contributed by atoms with Crippen molar-refractivity contribution in [3.8, 4) is 0 Å². The molecule has 0 saturated heterocycles. The van der Waals surface area contributed by atoms with Crippen molar-refractivity contribution in [2.75, 3.05) is 5.32 Å². The first kappa shape index (κ1) is 17.0. The van der Waals surface area contributed by atoms with Crippen LogP contribution in [0.25, 0.3) is 11.0 Å². The van der Waals surface area contributed by atoms with E-state index < -0.39 is 11.9 Å². The van der Waals surface area contributed by atoms with Crippen molar-refractivity contribution in [3.63, 3.8) is 0 Å². The monoisotopic (exact) mass is 373 g/mol. The number of anilines is 2. The molecule has 0 bridgehead atoms. The van der Waals surface area contributed by atoms with E-state index in [2.05, 4.69) is 36.4 Å². The van der Waals surface area contributed by atoms with Crippen LogP contribution in [-0.4, -0.2) is 30.1 Å². The Morgan fingerprint density at radius 3 is 2.56 bits per heavy atom. The lowest BCUT2D eigenvalue weighted by Crippen LogP contribution is -2.04. The first-order valence-electron chi connectivity index (χ1n) is 8.01. The highest BCUT2D eigenvalue weighted by molar-refractivity contribution is 5.80. The maximum atomic E-state index is 12.6. The van der Waals surface area contributed by atoms with Crippen LogP contribution in [0.1, 0.15) is 22.4 Å². The third-order valence-corrected chi connectivity index (χ3v) is 3.98. The zero-order chi connectivity index (χ0) is 19.0. The summed E-state index contributed by atoms with van der Waals surface area (Å²) in [6.07, 6.45) is 3.05. The molecule has 0 saturated carbocycles. The minimum atomic E-state index is -4.48. The van der Waals surface area contributed by atoms with Crippen LogP contribution in [-0.2, 0) is 12.6 Å². The van der Waals surface area contributed by atoms with Crippen molar-refractivity contribution in [2.24, 2.45) is 0 Å². The molecule has 0 aromatic carbocycles. The van der Waals surface area contributed by atoms with Gasteiger partial charge in [-0.25, -0.2) is 15.0 Å². The van der Waals surface area contributed by atoms with Crippen LogP contribution in [0.15, 0.2) is 36.9 Å². The summed E-state index contributed by atoms with van der Waals surface area (Å²) in [6.45, 7) is 1.98. The summed E-state index contributed by atoms with van der Waals surface area (Å²) in [5.74, 6) is 0.156. The van der Waals surface area contributed by atoms with Gasteiger partial charge in [-0.05, 0) is 29.7 Å². The number of pyridine rings is 1. The first-order valence-corrected chi connectivity index (χ1v) is 8.01. The van der Waals surface area contributed by atoms with Crippen molar-refractivity contribution in [1.82, 2.24) is 30.1 Å². The quantitative estimate of drug-likeness (QED) is 0.507. The van der Waals surface area contributed by atoms with E-state index in [0.717, 1.165) is 33.8 Å². The molecule has 0 amide bonds. The van der Waals surface area contributed by atoms with Gasteiger partial charge in [-0.15, -0.1) is 0 Å². The number of hydrogen-bond donors (Lipinski definition) is 3. The Morgan fingerprint density at radius 2 is 1.85 bits per heavy atom. The van der Waals surface area contributed by atoms with Crippen LogP contribution >= 0.6 is 0 Å². The Morgan fingerprint density at radius 1 is 1.07 bits per heavy atom. The number of rotatable bonds is 4. The molecule has 4 rings (SSSR count). The van der Waals surface area contributed by atoms with Crippen LogP contribution < -0.4 is 5.32 Å². The smallest absolute Gasteiger partial charge is 0.346 e. The van der Waals surface area contributed by atoms with Crippen LogP contribution in [0.5, 0.6) is 0 Å². The Balaban J connectivity index is 1.49. The molecule has 0 fully saturated rings. The van der Waals surface area contributed by atoms with E-state index in [1.54, 1.807) is 18.6 Å². The Kier molecular flexibility index (Phi) is 4.02. The molecule has 0 atom stereocenters. The highest BCUT2D eigenvalue weighted by atomic mass is 19.4. The third kappa shape index (κ3) is 3.59. The summed E-state index contributed by atoms with van der Waals surface area (Å²) in [7, 11) is 0. The third-order valence-electron chi connectivity index (χ3n) is 3.98. The van der Waals surface area contributed by atoms with Gasteiger partial charge < -0.3 is 10.3 Å². The topological polar surface area (TPSA) is 95.2 Å². The van der Waals surface area contributed by atoms with E-state index in [4.69, 9.17) is 0 Å². The van der Waals surface area contributed by atoms with E-state index in [1.165, 1.54) is 0 Å². The zero-order valence-electron chi connectivity index (χ0n) is 14.1. The minimum Gasteiger partial charge on any atom is -0.346 e. The number of aromatic nitrogens is 6. The van der Waals surface area contributed by atoms with Crippen molar-refractivity contribution < 1.29 is 13.2 Å². The summed E-state index contributed by atoms with van der Waals surface area (Å²) in [5.41, 5.74) is 2.86. The van der Waals surface area contributed by atoms with Gasteiger partial charge in [0.2, 0.25) is 5.95 Å². The Labute approximate surface area is 151 Å². The van der Waals surface area contributed by atoms with E-state index >= 15 is 0 Å². The van der Waals surface area contributed by atoms with Gasteiger partial charge in [-0.1, -0.05) is 0 Å². The molecule has 138 valence electrons. The van der Waals surface area contributed by atoms with E-state index in [9.17, 15) is 13.2 Å². The molecule has 10 heteroatoms. The van der Waals surface area contributed by atoms with Crippen molar-refractivity contribution >= 4 is 22.8 Å². The molecule has 0 spiro atoms. The normalized spacial score (nSPS) is 11.9. The van der Waals surface area contributed by atoms with Gasteiger partial charge >= 0.3 is 6.18 Å². The number of H-pyrrole nitrogens is 2. The SMILES string of the molecule is Cc1cnc2[nH]cc(Cc3cnc(Nc4cc(C(F)(F)F)[nH]n4)nc3)c2c1. The minimum absolute atomic E-state index is 0.00625. The fourth-order valence-electron chi connectivity index (χ4n) is 2.68. The van der Waals surface area contributed by atoms with E-state index in [0.29, 0.717) is 6.42 Å². The number of alkyl halides is 3. The molecule has 0 aliphatic carbocycles. The van der Waals surface area contributed by atoms with Crippen molar-refractivity contribution in [3.05, 3.63) is 59.3 Å². The molecule has 0 radical (unpaired) electrons. The van der Waals surface area contributed by atoms with E-state index in [-0.39, 0.29) is 11.8 Å². The Hall–Kier alpha value is -3.43. The lowest BCUT2D eigenvalue weighted by atomic mass is 10.1. The number of halogens is 3. The second-order valence-corrected chi connectivity index (χ2v) is 6.10. The fraction of sp³-hybridized carbons (Fsp3) is 0.176. The highest BCUT2D eigenvalue weighted by Gasteiger charge is 2.33. The fourth-order valence-corrected chi connectivity index (χ4v) is 2.68. The average molecular weight is 373 g/mol. The Bertz CT molecular complexity index is 1080. The molecule has 7 nitrogen and oxygen atoms in total. The second kappa shape index (κ2) is 6.38. The van der Waals surface area contributed by atoms with Gasteiger partial charge in [0.25, 0.3) is 0 Å². The summed E-state index contributed by atoms with van der Waals surface area (Å²) in [4.78, 5) is 15.7. The van der Waals surface area contributed by atoms with Crippen molar-refractivity contribution in [1.29, 1.82) is 0 Å². The lowest BCUT2D eigenvalue weighted by Gasteiger charge is -2.03. The number of aryl methyl sites for hydroxylation is 1. The van der Waals surface area contributed by atoms with Crippen LogP contribution in [0.3, 0.4) is 0 Å². The zero-order valence-corrected chi connectivity index (χ0v) is 14.1. The van der Waals surface area contributed by atoms with Gasteiger partial charge in [0.15, 0.2) is 5.82 Å². The van der Waals surface area contributed by atoms with Crippen LogP contribution in [0.4, 0.5) is 24.9 Å². The van der Waals surface area contributed by atoms with Crippen LogP contribution in [0, 0.1) is 6.92 Å². The van der Waals surface area contributed by atoms with Gasteiger partial charge in [0, 0.05) is 42.7 Å². The maximum Gasteiger partial charge on any atom is 0.432 e. The standard InChI is InChI=1S/C17H14F3N7/c1-9-2-12-11(8-22-15(12)21-5-9)3-10-6-23-16(24-7-10)25-14-4-13(26-27-14)17(18,19)20/h2,4-8H,3H2,1H3,(H,21,22)(H2,23,24,25,26,27). The number of nitrogens with one attached hydrogen (secondary N) is 3. The molecule has 4 aromatic heterocycles. The summed E-state index contributed by atoms with van der Waals surface area (Å²) < 4.78 is 37.7. The first-order chi connectivity index (χ1) is 12.9. The number of hydrogen-bond acceptors (Lipinski definition) is 5. The molecular weight excluding hydrogens is 359 g/mol. The van der Waals surface area contributed by atoms with Gasteiger partial charge in [0.1, 0.15) is 11.3 Å². The lowest BCUT2D eigenvalue weighted by molar-refractivity contribution is -0.141. The largest absolute Gasteiger partial charge is 0.432 e. The molecule has 4 aromatic rings.